The summed E-state index contributed by atoms with van der Waals surface area (Å²) in [6, 6.07) is 70.6. The maximum atomic E-state index is 13.2. The Morgan fingerprint density at radius 1 is 0.397 bits per heavy atom. The van der Waals surface area contributed by atoms with Gasteiger partial charge in [0, 0.05) is 135 Å². The van der Waals surface area contributed by atoms with E-state index in [1.54, 1.807) is 58.6 Å². The summed E-state index contributed by atoms with van der Waals surface area (Å²) in [5.74, 6) is 0.0386. The highest BCUT2D eigenvalue weighted by atomic mass is 79.9. The molecule has 7 heterocycles. The Morgan fingerprint density at radius 2 is 0.713 bits per heavy atom. The highest BCUT2D eigenvalue weighted by Gasteiger charge is 2.52. The van der Waals surface area contributed by atoms with E-state index < -0.39 is 65.0 Å². The molecule has 16 rings (SSSR count). The second-order valence-electron chi connectivity index (χ2n) is 36.9. The largest absolute Gasteiger partial charge is 0.494 e. The molecule has 8 aromatic carbocycles. The average molecular weight is 1920 g/mol. The third-order valence-electron chi connectivity index (χ3n) is 22.3. The van der Waals surface area contributed by atoms with Crippen molar-refractivity contribution in [3.8, 4) is 56.0 Å². The number of carboxylic acids is 1. The van der Waals surface area contributed by atoms with Gasteiger partial charge in [-0.1, -0.05) is 162 Å². The molecule has 35 heteroatoms. The van der Waals surface area contributed by atoms with E-state index >= 15 is 0 Å². The van der Waals surface area contributed by atoms with Gasteiger partial charge in [0.15, 0.2) is 23.1 Å². The first kappa shape index (κ1) is 101. The van der Waals surface area contributed by atoms with E-state index in [1.807, 2.05) is 280 Å². The van der Waals surface area contributed by atoms with Crippen LogP contribution < -0.4 is 26.7 Å². The van der Waals surface area contributed by atoms with E-state index in [9.17, 15) is 43.2 Å². The molecule has 0 unspecified atom stereocenters. The molecule has 8 amide bonds. The molecule has 0 radical (unpaired) electrons. The van der Waals surface area contributed by atoms with E-state index in [1.165, 1.54) is 0 Å². The molecular formula is C101H117BBrN15O18. The van der Waals surface area contributed by atoms with Crippen LogP contribution in [0.25, 0.3) is 56.0 Å². The number of nitrogens with one attached hydrogen (secondary N) is 7. The van der Waals surface area contributed by atoms with Gasteiger partial charge in [0.2, 0.25) is 0 Å². The number of rotatable bonds is 17. The van der Waals surface area contributed by atoms with Crippen LogP contribution >= 0.6 is 15.9 Å². The van der Waals surface area contributed by atoms with E-state index in [2.05, 4.69) is 67.8 Å². The van der Waals surface area contributed by atoms with Crippen molar-refractivity contribution in [1.29, 1.82) is 0 Å². The second kappa shape index (κ2) is 44.9. The van der Waals surface area contributed by atoms with Crippen LogP contribution in [0.1, 0.15) is 145 Å². The summed E-state index contributed by atoms with van der Waals surface area (Å²) in [6.07, 6.45) is -1.53. The van der Waals surface area contributed by atoms with Crippen molar-refractivity contribution in [3.05, 3.63) is 257 Å². The zero-order valence-corrected chi connectivity index (χ0v) is 80.2. The molecule has 0 atom stereocenters. The lowest BCUT2D eigenvalue weighted by molar-refractivity contribution is -0.149. The number of H-pyrrole nitrogens is 3. The summed E-state index contributed by atoms with van der Waals surface area (Å²) in [4.78, 5) is 118. The quantitative estimate of drug-likeness (QED) is 0.0302. The average Bonchev–Trinajstić information content (AvgIpc) is 1.62. The maximum absolute atomic E-state index is 13.2. The first-order valence-electron chi connectivity index (χ1n) is 44.8. The number of aliphatic carboxylic acids is 1. The van der Waals surface area contributed by atoms with Gasteiger partial charge in [-0.25, -0.2) is 28.8 Å². The Morgan fingerprint density at radius 3 is 1.04 bits per heavy atom. The van der Waals surface area contributed by atoms with Gasteiger partial charge < -0.3 is 73.0 Å². The molecule has 1 saturated carbocycles. The molecule has 136 heavy (non-hydrogen) atoms. The van der Waals surface area contributed by atoms with Crippen molar-refractivity contribution in [2.45, 2.75) is 150 Å². The number of anilines is 3. The fraction of sp³-hybridized carbons (Fsp3) is 0.347. The number of carbonyl (C=O) groups excluding carboxylic acids is 8. The van der Waals surface area contributed by atoms with Gasteiger partial charge in [0.25, 0.3) is 17.7 Å². The third-order valence-corrected chi connectivity index (χ3v) is 22.8. The molecular weight excluding hydrogens is 1800 g/mol. The van der Waals surface area contributed by atoms with Crippen LogP contribution in [-0.4, -0.2) is 239 Å². The number of carboxylic acid groups (broad SMARTS) is 1. The molecule has 11 aromatic rings. The fourth-order valence-electron chi connectivity index (χ4n) is 14.1. The Bertz CT molecular complexity index is 5920. The monoisotopic (exact) mass is 1920 g/mol. The van der Waals surface area contributed by atoms with E-state index in [0.29, 0.717) is 99.3 Å². The van der Waals surface area contributed by atoms with Crippen molar-refractivity contribution in [2.75, 3.05) is 94.5 Å². The lowest BCUT2D eigenvalue weighted by atomic mass is 9.79. The number of aromatic nitrogens is 6. The lowest BCUT2D eigenvalue weighted by Gasteiger charge is -2.34. The predicted octanol–water partition coefficient (Wildman–Crippen LogP) is 17.2. The minimum atomic E-state index is -1.33. The highest BCUT2D eigenvalue weighted by Crippen LogP contribution is 2.38. The third kappa shape index (κ3) is 29.5. The highest BCUT2D eigenvalue weighted by molar-refractivity contribution is 9.10. The number of hydrogen-bond acceptors (Lipinski definition) is 21. The van der Waals surface area contributed by atoms with Crippen LogP contribution in [0.4, 0.5) is 41.4 Å². The summed E-state index contributed by atoms with van der Waals surface area (Å²) in [5.41, 5.74) is 9.87. The molecule has 5 fully saturated rings. The van der Waals surface area contributed by atoms with Gasteiger partial charge >= 0.3 is 43.6 Å². The number of amides is 8. The van der Waals surface area contributed by atoms with Crippen molar-refractivity contribution >= 4 is 100 Å². The topological polar surface area (TPSA) is 409 Å². The molecule has 0 bridgehead atoms. The van der Waals surface area contributed by atoms with Crippen LogP contribution in [0, 0.1) is 0 Å². The van der Waals surface area contributed by atoms with Gasteiger partial charge in [0.05, 0.1) is 28.3 Å². The van der Waals surface area contributed by atoms with E-state index in [0.717, 1.165) is 103 Å². The van der Waals surface area contributed by atoms with Crippen LogP contribution in [0.5, 0.6) is 0 Å². The van der Waals surface area contributed by atoms with Gasteiger partial charge in [0.1, 0.15) is 30.0 Å². The van der Waals surface area contributed by atoms with Crippen molar-refractivity contribution in [1.82, 2.24) is 60.4 Å². The Labute approximate surface area is 799 Å². The summed E-state index contributed by atoms with van der Waals surface area (Å²) >= 11 is 3.42. The number of aliphatic hydroxyl groups is 1. The van der Waals surface area contributed by atoms with Crippen LogP contribution in [0.2, 0.25) is 0 Å². The Hall–Kier alpha value is -14.0. The van der Waals surface area contributed by atoms with E-state index in [4.69, 9.17) is 43.2 Å². The molecule has 3 aromatic heterocycles. The SMILES string of the molecule is CC(C)(C)OC(=O)Nc1cc(-c2cccc(-c3ccc(C(=O)N4CCN(C(=O)OCc5ccccc5)CC4)cc3)c2)[nH]n1.CC(C)(C)OC(=O)Nc1cc(-c2cccc(-c3ccc(C(=O)N4CCNCC4)cc3)c2)[nH]n1.CC(C)(C)OC(=O)Nc1cc(-c2cccc(Br)c2)[nH]n1.CC1(C)OB(c2ccc(C(=O)N3CCN(C(=O)OCc4ccccc4)CC3)cc2)OC1(C)C.O=C(O)C1(O)CC1. The summed E-state index contributed by atoms with van der Waals surface area (Å²) in [5, 5.41) is 48.9. The Balaban J connectivity index is 0.000000163. The standard InChI is InChI=1S/C33H35N5O5.C25H31BN2O5.C25H29N5O3.C14H16BrN3O2.C4H6O3/c1-33(2,3)43-31(40)34-29-21-28(35-36-29)27-11-7-10-26(20-27)24-12-14-25(15-13-24)30(39)37-16-18-38(19-17-37)32(41)42-22-23-8-5-4-6-9-23;1-24(2)25(3,4)33-26(32-24)21-12-10-20(11-13-21)22(29)27-14-16-28(17-15-27)23(30)31-18-19-8-6-5-7-9-19;1-25(2,3)33-24(32)27-22-16-21(28-29-22)20-6-4-5-19(15-20)17-7-9-18(10-8-17)23(31)30-13-11-26-12-14-30;1-14(2,3)20-13(19)16-12-8-11(17-18-12)9-5-4-6-10(15)7-9;5-3(6)4(7)1-2-4/h4-15,20-21H,16-19,22H2,1-3H3,(H2,34,35,36,40);5-13H,14-18H2,1-4H3;4-10,15-16,26H,11-14H2,1-3H3,(H2,27,28,29,32);4-8H,1-3H3,(H2,16,17,18,19);7H,1-2H2,(H,5,6). The number of hydrogen-bond donors (Lipinski definition) is 9. The van der Waals surface area contributed by atoms with Gasteiger partial charge in [-0.3, -0.25) is 45.6 Å². The maximum Gasteiger partial charge on any atom is 0.494 e. The normalized spacial score (nSPS) is 15.3. The van der Waals surface area contributed by atoms with Gasteiger partial charge in [-0.15, -0.1) is 0 Å². The zero-order chi connectivity index (χ0) is 97.7. The van der Waals surface area contributed by atoms with Crippen LogP contribution in [0.3, 0.4) is 0 Å². The summed E-state index contributed by atoms with van der Waals surface area (Å²) in [6.45, 7) is 31.5. The predicted molar refractivity (Wildman–Crippen MR) is 521 cm³/mol. The van der Waals surface area contributed by atoms with Crippen molar-refractivity contribution in [3.63, 3.8) is 0 Å². The molecule has 714 valence electrons. The number of nitrogens with zero attached hydrogens (tertiary/aromatic N) is 8. The molecule has 0 spiro atoms. The fourth-order valence-corrected chi connectivity index (χ4v) is 14.5. The first-order valence-corrected chi connectivity index (χ1v) is 45.6. The smallest absolute Gasteiger partial charge is 0.479 e. The van der Waals surface area contributed by atoms with Crippen LogP contribution in [0.15, 0.2) is 229 Å². The number of aromatic amines is 3. The van der Waals surface area contributed by atoms with Crippen molar-refractivity contribution in [2.24, 2.45) is 0 Å². The Kier molecular flexibility index (Phi) is 33.3. The molecule has 5 aliphatic rings. The molecule has 33 nitrogen and oxygen atoms in total. The minimum Gasteiger partial charge on any atom is -0.479 e. The molecule has 4 saturated heterocycles. The van der Waals surface area contributed by atoms with E-state index in [-0.39, 0.29) is 43.1 Å². The second-order valence-corrected chi connectivity index (χ2v) is 37.9. The zero-order valence-electron chi connectivity index (χ0n) is 78.6. The number of piperazine rings is 3. The first-order chi connectivity index (χ1) is 64.6. The van der Waals surface area contributed by atoms with Crippen molar-refractivity contribution < 1.29 is 86.4 Å². The number of halogens is 1. The number of benzene rings is 8. The summed E-state index contributed by atoms with van der Waals surface area (Å²) in [7, 11) is -0.454. The van der Waals surface area contributed by atoms with Crippen LogP contribution in [-0.2, 0) is 51.0 Å². The van der Waals surface area contributed by atoms with Gasteiger partial charge in [-0.2, -0.15) is 15.3 Å². The lowest BCUT2D eigenvalue weighted by Crippen LogP contribution is -2.50. The molecule has 9 N–H and O–H groups in total. The number of ether oxygens (including phenoxy) is 5. The molecule has 4 aliphatic heterocycles. The minimum absolute atomic E-state index is 0.0484. The number of carbonyl (C=O) groups is 9. The van der Waals surface area contributed by atoms with Gasteiger partial charge in [-0.05, 0) is 202 Å². The summed E-state index contributed by atoms with van der Waals surface area (Å²) < 4.78 is 39.7. The molecule has 1 aliphatic carbocycles.